The molecule has 0 aliphatic heterocycles. The normalized spacial score (nSPS) is 13.5. The number of anilines is 3. The molecule has 0 unspecified atom stereocenters. The van der Waals surface area contributed by atoms with Gasteiger partial charge in [0.2, 0.25) is 0 Å². The van der Waals surface area contributed by atoms with Crippen molar-refractivity contribution in [1.82, 2.24) is 13.3 Å². The van der Waals surface area contributed by atoms with Crippen molar-refractivity contribution in [2.45, 2.75) is 10.8 Å². The fourth-order valence-electron chi connectivity index (χ4n) is 17.7. The lowest BCUT2D eigenvalue weighted by Crippen LogP contribution is -2.25. The first-order valence-electron chi connectivity index (χ1n) is 33.4. The van der Waals surface area contributed by atoms with Crippen LogP contribution in [0, 0.1) is 0 Å². The standard InChI is InChI=1S/C92H56N4S/c1-2-18-57(19-3-1)58-34-47-66(48-35-58)96-86-33-17-10-26-76(86)77-54-63(42-52-87(77)96)67-51-53-88(90-89(67)93-97-94-90)95(64-43-36-59(37-44-64)61-40-49-74-72-24-8-15-31-82(72)91(84(74)55-61)78-27-11-4-20-68(78)69-21-5-12-28-79(69)91)65-45-38-60(39-46-65)62-41-50-75-73-25-9-16-32-83(73)92(85(75)56-62)80-29-13-6-22-70(80)71-23-7-14-30-81(71)92/h1-56H. The Bertz CT molecular complexity index is 5770. The van der Waals surface area contributed by atoms with Crippen molar-refractivity contribution >= 4 is 61.6 Å². The highest BCUT2D eigenvalue weighted by Gasteiger charge is 2.53. The third kappa shape index (κ3) is 7.52. The molecule has 97 heavy (non-hydrogen) atoms. The molecule has 4 aliphatic carbocycles. The molecule has 0 bridgehead atoms. The van der Waals surface area contributed by atoms with Crippen molar-refractivity contribution < 1.29 is 0 Å². The SMILES string of the molecule is c1ccc(-c2ccc(-n3c4ccccc4c4cc(-c5ccc(N(c6ccc(-c7ccc8c(c7)C7(c9ccccc9-c9ccccc97)c7ccccc7-8)cc6)c6ccc(-c7ccc8c(c7)C7(c9ccccc9-c9ccccc97)c7ccccc7-8)cc6)c6nsnc56)ccc43)cc2)cc1. The topological polar surface area (TPSA) is 34.0 Å². The molecule has 0 atom stereocenters. The van der Waals surface area contributed by atoms with Crippen LogP contribution in [0.2, 0.25) is 0 Å². The zero-order chi connectivity index (χ0) is 63.5. The van der Waals surface area contributed by atoms with E-state index in [2.05, 4.69) is 349 Å². The Morgan fingerprint density at radius 3 is 1.10 bits per heavy atom. The van der Waals surface area contributed by atoms with Crippen molar-refractivity contribution in [2.24, 2.45) is 0 Å². The first-order chi connectivity index (χ1) is 48.1. The van der Waals surface area contributed by atoms with Crippen molar-refractivity contribution in [3.63, 3.8) is 0 Å². The summed E-state index contributed by atoms with van der Waals surface area (Å²) in [6.45, 7) is 0. The van der Waals surface area contributed by atoms with E-state index in [4.69, 9.17) is 8.75 Å². The third-order valence-electron chi connectivity index (χ3n) is 21.8. The summed E-state index contributed by atoms with van der Waals surface area (Å²) in [7, 11) is 0. The molecule has 4 aliphatic rings. The van der Waals surface area contributed by atoms with Crippen LogP contribution in [0.1, 0.15) is 44.5 Å². The minimum Gasteiger partial charge on any atom is -0.309 e. The number of nitrogens with zero attached hydrogens (tertiary/aromatic N) is 4. The second-order valence-corrected chi connectivity index (χ2v) is 26.8. The van der Waals surface area contributed by atoms with Gasteiger partial charge in [-0.05, 0) is 207 Å². The molecule has 0 fully saturated rings. The minimum atomic E-state index is -0.433. The van der Waals surface area contributed by atoms with Crippen LogP contribution in [0.5, 0.6) is 0 Å². The molecular weight excluding hydrogens is 1190 g/mol. The Morgan fingerprint density at radius 1 is 0.247 bits per heavy atom. The molecule has 0 saturated heterocycles. The van der Waals surface area contributed by atoms with Crippen LogP contribution in [0.25, 0.3) is 128 Å². The number of hydrogen-bond donors (Lipinski definition) is 0. The average Bonchev–Trinajstić information content (AvgIpc) is 1.51. The van der Waals surface area contributed by atoms with Crippen LogP contribution in [0.3, 0.4) is 0 Å². The summed E-state index contributed by atoms with van der Waals surface area (Å²) in [6.07, 6.45) is 0. The fourth-order valence-corrected chi connectivity index (χ4v) is 18.3. The largest absolute Gasteiger partial charge is 0.309 e. The molecule has 21 rings (SSSR count). The Balaban J connectivity index is 0.694. The molecule has 4 nitrogen and oxygen atoms in total. The maximum atomic E-state index is 5.21. The number of fused-ring (bicyclic) bond motifs is 24. The molecule has 0 N–H and O–H groups in total. The van der Waals surface area contributed by atoms with Gasteiger partial charge in [0.15, 0.2) is 0 Å². The van der Waals surface area contributed by atoms with Gasteiger partial charge >= 0.3 is 0 Å². The smallest absolute Gasteiger partial charge is 0.129 e. The van der Waals surface area contributed by atoms with E-state index in [9.17, 15) is 0 Å². The molecule has 450 valence electrons. The van der Waals surface area contributed by atoms with E-state index >= 15 is 0 Å². The van der Waals surface area contributed by atoms with Crippen LogP contribution in [-0.2, 0) is 10.8 Å². The summed E-state index contributed by atoms with van der Waals surface area (Å²) < 4.78 is 12.8. The van der Waals surface area contributed by atoms with Crippen LogP contribution in [0.15, 0.2) is 340 Å². The van der Waals surface area contributed by atoms with Crippen LogP contribution in [-0.4, -0.2) is 13.3 Å². The van der Waals surface area contributed by atoms with Crippen LogP contribution in [0.4, 0.5) is 17.1 Å². The molecule has 0 amide bonds. The van der Waals surface area contributed by atoms with Gasteiger partial charge in [-0.2, -0.15) is 8.75 Å². The number of benzene rings is 15. The van der Waals surface area contributed by atoms with Crippen LogP contribution < -0.4 is 4.90 Å². The van der Waals surface area contributed by atoms with Gasteiger partial charge in [-0.1, -0.05) is 261 Å². The van der Waals surface area contributed by atoms with Gasteiger partial charge in [0.05, 0.1) is 39.3 Å². The van der Waals surface area contributed by atoms with Crippen molar-refractivity contribution in [2.75, 3.05) is 4.90 Å². The first kappa shape index (κ1) is 54.1. The van der Waals surface area contributed by atoms with E-state index in [-0.39, 0.29) is 0 Å². The lowest BCUT2D eigenvalue weighted by atomic mass is 9.70. The maximum Gasteiger partial charge on any atom is 0.129 e. The van der Waals surface area contributed by atoms with Crippen molar-refractivity contribution in [3.8, 4) is 94.7 Å². The molecule has 2 heterocycles. The minimum absolute atomic E-state index is 0.433. The van der Waals surface area contributed by atoms with Gasteiger partial charge in [0.1, 0.15) is 11.0 Å². The number of aromatic nitrogens is 3. The second-order valence-electron chi connectivity index (χ2n) is 26.3. The van der Waals surface area contributed by atoms with Gasteiger partial charge in [-0.15, -0.1) is 0 Å². The Hall–Kier alpha value is -12.3. The summed E-state index contributed by atoms with van der Waals surface area (Å²) in [6, 6.07) is 127. The highest BCUT2D eigenvalue weighted by atomic mass is 32.1. The Kier molecular flexibility index (Phi) is 11.5. The predicted octanol–water partition coefficient (Wildman–Crippen LogP) is 23.6. The lowest BCUT2D eigenvalue weighted by molar-refractivity contribution is 0.794. The fraction of sp³-hybridized carbons (Fsp3) is 0.0217. The van der Waals surface area contributed by atoms with E-state index < -0.39 is 10.8 Å². The number of rotatable bonds is 8. The average molecular weight is 1250 g/mol. The second kappa shape index (κ2) is 20.6. The summed E-state index contributed by atoms with van der Waals surface area (Å²) in [5, 5.41) is 2.38. The summed E-state index contributed by atoms with van der Waals surface area (Å²) in [5.41, 5.74) is 37.6. The Morgan fingerprint density at radius 2 is 0.608 bits per heavy atom. The number of para-hydroxylation sites is 1. The molecular formula is C92H56N4S. The van der Waals surface area contributed by atoms with E-state index in [1.807, 2.05) is 0 Å². The summed E-state index contributed by atoms with van der Waals surface area (Å²) in [4.78, 5) is 2.38. The maximum absolute atomic E-state index is 5.21. The Labute approximate surface area is 565 Å². The monoisotopic (exact) mass is 1250 g/mol. The molecule has 2 spiro atoms. The van der Waals surface area contributed by atoms with Crippen molar-refractivity contribution in [1.29, 1.82) is 0 Å². The van der Waals surface area contributed by atoms with E-state index in [1.54, 1.807) is 0 Å². The lowest BCUT2D eigenvalue weighted by Gasteiger charge is -2.30. The molecule has 2 aromatic heterocycles. The van der Waals surface area contributed by atoms with Gasteiger partial charge in [-0.3, -0.25) is 0 Å². The van der Waals surface area contributed by atoms with Crippen LogP contribution >= 0.6 is 11.7 Å². The first-order valence-corrected chi connectivity index (χ1v) is 34.2. The van der Waals surface area contributed by atoms with E-state index in [0.717, 1.165) is 67.1 Å². The highest BCUT2D eigenvalue weighted by Crippen LogP contribution is 2.65. The van der Waals surface area contributed by atoms with Crippen molar-refractivity contribution in [3.05, 3.63) is 384 Å². The molecule has 0 saturated carbocycles. The van der Waals surface area contributed by atoms with Gasteiger partial charge in [-0.25, -0.2) is 0 Å². The zero-order valence-corrected chi connectivity index (χ0v) is 53.3. The van der Waals surface area contributed by atoms with Gasteiger partial charge in [0, 0.05) is 33.4 Å². The van der Waals surface area contributed by atoms with E-state index in [0.29, 0.717) is 0 Å². The van der Waals surface area contributed by atoms with E-state index in [1.165, 1.54) is 134 Å². The number of hydrogen-bond acceptors (Lipinski definition) is 4. The summed E-state index contributed by atoms with van der Waals surface area (Å²) in [5.74, 6) is 0. The van der Waals surface area contributed by atoms with Gasteiger partial charge < -0.3 is 9.47 Å². The summed E-state index contributed by atoms with van der Waals surface area (Å²) >= 11 is 1.27. The zero-order valence-electron chi connectivity index (χ0n) is 52.5. The molecule has 0 radical (unpaired) electrons. The highest BCUT2D eigenvalue weighted by molar-refractivity contribution is 7.00. The molecule has 17 aromatic rings. The predicted molar refractivity (Wildman–Crippen MR) is 401 cm³/mol. The third-order valence-corrected chi connectivity index (χ3v) is 22.3. The molecule has 5 heteroatoms. The quantitative estimate of drug-likeness (QED) is 0.152. The molecule has 15 aromatic carbocycles. The van der Waals surface area contributed by atoms with Gasteiger partial charge in [0.25, 0.3) is 0 Å².